The van der Waals surface area contributed by atoms with E-state index >= 15 is 0 Å². The molecule has 1 heterocycles. The zero-order valence-electron chi connectivity index (χ0n) is 18.6. The summed E-state index contributed by atoms with van der Waals surface area (Å²) in [6.45, 7) is 3.22. The van der Waals surface area contributed by atoms with Crippen LogP contribution >= 0.6 is 11.6 Å². The number of hydrogen-bond acceptors (Lipinski definition) is 7. The summed E-state index contributed by atoms with van der Waals surface area (Å²) in [6.07, 6.45) is 0. The Hall–Kier alpha value is -4.16. The molecule has 0 atom stereocenters. The molecule has 0 aliphatic heterocycles. The SMILES string of the molecule is CC(=O)NCCNc1cc(NCCNC(=O)c2ccc(C#N)cc2)nc(-c2ccc(Cl)cc2)n1. The first kappa shape index (κ1) is 24.5. The molecular formula is C24H24ClN7O2. The Morgan fingerprint density at radius 3 is 2.03 bits per heavy atom. The number of nitrogens with one attached hydrogen (secondary N) is 4. The molecule has 1 aromatic heterocycles. The van der Waals surface area contributed by atoms with Crippen molar-refractivity contribution >= 4 is 35.1 Å². The third kappa shape index (κ3) is 7.46. The second kappa shape index (κ2) is 12.2. The van der Waals surface area contributed by atoms with Gasteiger partial charge in [0.05, 0.1) is 11.6 Å². The lowest BCUT2D eigenvalue weighted by atomic mass is 10.1. The zero-order valence-corrected chi connectivity index (χ0v) is 19.3. The number of nitrogens with zero attached hydrogens (tertiary/aromatic N) is 3. The second-order valence-electron chi connectivity index (χ2n) is 7.25. The van der Waals surface area contributed by atoms with Gasteiger partial charge in [-0.25, -0.2) is 9.97 Å². The molecule has 0 bridgehead atoms. The van der Waals surface area contributed by atoms with E-state index in [1.54, 1.807) is 42.5 Å². The standard InChI is InChI=1S/C24H24ClN7O2/c1-16(33)27-10-11-28-21-14-22(32-23(31-21)18-6-8-20(25)9-7-18)29-12-13-30-24(34)19-4-2-17(15-26)3-5-19/h2-9,14H,10-13H2,1H3,(H,27,33)(H,30,34)(H2,28,29,31,32). The van der Waals surface area contributed by atoms with E-state index in [0.717, 1.165) is 5.56 Å². The quantitative estimate of drug-likeness (QED) is 0.330. The molecule has 3 rings (SSSR count). The van der Waals surface area contributed by atoms with Crippen molar-refractivity contribution in [3.8, 4) is 17.5 Å². The van der Waals surface area contributed by atoms with E-state index in [1.165, 1.54) is 6.92 Å². The number of benzene rings is 2. The molecule has 0 spiro atoms. The van der Waals surface area contributed by atoms with Crippen LogP contribution in [-0.2, 0) is 4.79 Å². The van der Waals surface area contributed by atoms with Crippen LogP contribution in [-0.4, -0.2) is 48.0 Å². The van der Waals surface area contributed by atoms with E-state index in [9.17, 15) is 9.59 Å². The maximum atomic E-state index is 12.3. The fraction of sp³-hybridized carbons (Fsp3) is 0.208. The molecule has 0 saturated carbocycles. The normalized spacial score (nSPS) is 10.1. The van der Waals surface area contributed by atoms with Crippen LogP contribution in [0.1, 0.15) is 22.8 Å². The Labute approximate surface area is 202 Å². The Morgan fingerprint density at radius 2 is 1.47 bits per heavy atom. The highest BCUT2D eigenvalue weighted by Gasteiger charge is 2.09. The van der Waals surface area contributed by atoms with Crippen LogP contribution in [0.2, 0.25) is 5.02 Å². The van der Waals surface area contributed by atoms with E-state index in [4.69, 9.17) is 16.9 Å². The molecule has 2 amide bonds. The van der Waals surface area contributed by atoms with Crippen molar-refractivity contribution in [2.24, 2.45) is 0 Å². The van der Waals surface area contributed by atoms with E-state index in [-0.39, 0.29) is 11.8 Å². The maximum Gasteiger partial charge on any atom is 0.251 e. The molecule has 0 unspecified atom stereocenters. The summed E-state index contributed by atoms with van der Waals surface area (Å²) >= 11 is 5.99. The van der Waals surface area contributed by atoms with Gasteiger partial charge in [0.2, 0.25) is 5.91 Å². The van der Waals surface area contributed by atoms with Gasteiger partial charge >= 0.3 is 0 Å². The fourth-order valence-corrected chi connectivity index (χ4v) is 3.08. The molecule has 3 aromatic rings. The largest absolute Gasteiger partial charge is 0.368 e. The van der Waals surface area contributed by atoms with Crippen molar-refractivity contribution in [1.29, 1.82) is 5.26 Å². The lowest BCUT2D eigenvalue weighted by Crippen LogP contribution is -2.29. The predicted molar refractivity (Wildman–Crippen MR) is 132 cm³/mol. The van der Waals surface area contributed by atoms with Gasteiger partial charge in [-0.1, -0.05) is 11.6 Å². The van der Waals surface area contributed by atoms with Gasteiger partial charge in [0, 0.05) is 55.3 Å². The minimum atomic E-state index is -0.226. The van der Waals surface area contributed by atoms with Gasteiger partial charge in [0.25, 0.3) is 5.91 Å². The van der Waals surface area contributed by atoms with Gasteiger partial charge in [0.1, 0.15) is 11.6 Å². The lowest BCUT2D eigenvalue weighted by Gasteiger charge is -2.12. The summed E-state index contributed by atoms with van der Waals surface area (Å²) in [5.74, 6) is 1.35. The maximum absolute atomic E-state index is 12.3. The van der Waals surface area contributed by atoms with Crippen LogP contribution in [0.15, 0.2) is 54.6 Å². The topological polar surface area (TPSA) is 132 Å². The molecular weight excluding hydrogens is 454 g/mol. The van der Waals surface area contributed by atoms with Gasteiger partial charge in [-0.15, -0.1) is 0 Å². The van der Waals surface area contributed by atoms with Crippen LogP contribution in [0.3, 0.4) is 0 Å². The van der Waals surface area contributed by atoms with Crippen LogP contribution < -0.4 is 21.3 Å². The van der Waals surface area contributed by atoms with Crippen molar-refractivity contribution in [2.75, 3.05) is 36.8 Å². The number of carbonyl (C=O) groups is 2. The first-order valence-corrected chi connectivity index (χ1v) is 11.0. The van der Waals surface area contributed by atoms with Gasteiger partial charge in [-0.05, 0) is 48.5 Å². The monoisotopic (exact) mass is 477 g/mol. The highest BCUT2D eigenvalue weighted by Crippen LogP contribution is 2.22. The summed E-state index contributed by atoms with van der Waals surface area (Å²) in [5, 5.41) is 21.4. The van der Waals surface area contributed by atoms with Crippen molar-refractivity contribution in [2.45, 2.75) is 6.92 Å². The van der Waals surface area contributed by atoms with Crippen LogP contribution in [0, 0.1) is 11.3 Å². The molecule has 4 N–H and O–H groups in total. The Bertz CT molecular complexity index is 1180. The summed E-state index contributed by atoms with van der Waals surface area (Å²) < 4.78 is 0. The predicted octanol–water partition coefficient (Wildman–Crippen LogP) is 3.06. The third-order valence-corrected chi connectivity index (χ3v) is 4.88. The lowest BCUT2D eigenvalue weighted by molar-refractivity contribution is -0.118. The second-order valence-corrected chi connectivity index (χ2v) is 7.69. The molecule has 0 fully saturated rings. The highest BCUT2D eigenvalue weighted by atomic mass is 35.5. The van der Waals surface area contributed by atoms with E-state index in [0.29, 0.717) is 59.8 Å². The van der Waals surface area contributed by atoms with Gasteiger partial charge in [0.15, 0.2) is 5.82 Å². The molecule has 0 saturated heterocycles. The van der Waals surface area contributed by atoms with E-state index in [2.05, 4.69) is 31.2 Å². The first-order chi connectivity index (χ1) is 16.4. The summed E-state index contributed by atoms with van der Waals surface area (Å²) in [7, 11) is 0. The number of carbonyl (C=O) groups excluding carboxylic acids is 2. The number of anilines is 2. The number of nitriles is 1. The smallest absolute Gasteiger partial charge is 0.251 e. The van der Waals surface area contributed by atoms with Crippen LogP contribution in [0.5, 0.6) is 0 Å². The van der Waals surface area contributed by atoms with Crippen molar-refractivity contribution in [1.82, 2.24) is 20.6 Å². The average Bonchev–Trinajstić information content (AvgIpc) is 2.84. The fourth-order valence-electron chi connectivity index (χ4n) is 2.95. The first-order valence-electron chi connectivity index (χ1n) is 10.6. The average molecular weight is 478 g/mol. The molecule has 10 heteroatoms. The van der Waals surface area contributed by atoms with Crippen LogP contribution in [0.4, 0.5) is 11.6 Å². The summed E-state index contributed by atoms with van der Waals surface area (Å²) in [6, 6.07) is 17.4. The number of hydrogen-bond donors (Lipinski definition) is 4. The number of aromatic nitrogens is 2. The van der Waals surface area contributed by atoms with Gasteiger partial charge < -0.3 is 21.3 Å². The van der Waals surface area contributed by atoms with Crippen LogP contribution in [0.25, 0.3) is 11.4 Å². The Morgan fingerprint density at radius 1 is 0.882 bits per heavy atom. The number of amides is 2. The van der Waals surface area contributed by atoms with Crippen molar-refractivity contribution in [3.05, 3.63) is 70.7 Å². The minimum Gasteiger partial charge on any atom is -0.368 e. The molecule has 0 radical (unpaired) electrons. The molecule has 174 valence electrons. The zero-order chi connectivity index (χ0) is 24.3. The van der Waals surface area contributed by atoms with Crippen molar-refractivity contribution in [3.63, 3.8) is 0 Å². The Kier molecular flexibility index (Phi) is 8.77. The third-order valence-electron chi connectivity index (χ3n) is 4.63. The van der Waals surface area contributed by atoms with Crippen molar-refractivity contribution < 1.29 is 9.59 Å². The molecule has 0 aliphatic carbocycles. The van der Waals surface area contributed by atoms with Gasteiger partial charge in [-0.2, -0.15) is 5.26 Å². The molecule has 2 aromatic carbocycles. The Balaban J connectivity index is 1.62. The van der Waals surface area contributed by atoms with Gasteiger partial charge in [-0.3, -0.25) is 9.59 Å². The highest BCUT2D eigenvalue weighted by molar-refractivity contribution is 6.30. The van der Waals surface area contributed by atoms with E-state index < -0.39 is 0 Å². The minimum absolute atomic E-state index is 0.100. The number of halogens is 1. The number of rotatable bonds is 10. The summed E-state index contributed by atoms with van der Waals surface area (Å²) in [5.41, 5.74) is 1.78. The van der Waals surface area contributed by atoms with E-state index in [1.807, 2.05) is 18.2 Å². The molecule has 34 heavy (non-hydrogen) atoms. The summed E-state index contributed by atoms with van der Waals surface area (Å²) in [4.78, 5) is 32.4. The molecule has 9 nitrogen and oxygen atoms in total. The molecule has 0 aliphatic rings.